The second-order valence-corrected chi connectivity index (χ2v) is 7.11. The Morgan fingerprint density at radius 3 is 2.42 bits per heavy atom. The molecule has 1 saturated heterocycles. The minimum absolute atomic E-state index is 0.0950. The lowest BCUT2D eigenvalue weighted by Crippen LogP contribution is -2.43. The van der Waals surface area contributed by atoms with Gasteiger partial charge in [-0.15, -0.1) is 0 Å². The predicted molar refractivity (Wildman–Crippen MR) is 99.1 cm³/mol. The molecule has 1 aliphatic rings. The molecule has 1 aliphatic heterocycles. The Bertz CT molecular complexity index is 728. The Morgan fingerprint density at radius 2 is 1.77 bits per heavy atom. The minimum atomic E-state index is -0.681. The number of likely N-dealkylation sites (tertiary alicyclic amines) is 1. The van der Waals surface area contributed by atoms with Crippen molar-refractivity contribution in [1.29, 1.82) is 0 Å². The topological polar surface area (TPSA) is 61.4 Å². The number of halogens is 1. The molecule has 1 unspecified atom stereocenters. The molecule has 1 fully saturated rings. The average Bonchev–Trinajstić information content (AvgIpc) is 3.35. The third kappa shape index (κ3) is 4.89. The molecule has 0 saturated carbocycles. The van der Waals surface area contributed by atoms with E-state index in [1.807, 2.05) is 5.38 Å². The number of benzene rings is 1. The molecule has 26 heavy (non-hydrogen) atoms. The Hall–Kier alpha value is -2.25. The van der Waals surface area contributed by atoms with Gasteiger partial charge in [0.05, 0.1) is 6.04 Å². The number of nitrogens with zero attached hydrogens (tertiary/aromatic N) is 1. The summed E-state index contributed by atoms with van der Waals surface area (Å²) in [5.41, 5.74) is 1.91. The van der Waals surface area contributed by atoms with Crippen LogP contribution in [0, 0.1) is 5.82 Å². The molecular formula is C19H22FN3O2S. The summed E-state index contributed by atoms with van der Waals surface area (Å²) in [7, 11) is 0. The summed E-state index contributed by atoms with van der Waals surface area (Å²) < 4.78 is 12.9. The maximum absolute atomic E-state index is 12.9. The first-order chi connectivity index (χ1) is 12.6. The number of amides is 2. The Morgan fingerprint density at radius 1 is 1.08 bits per heavy atom. The van der Waals surface area contributed by atoms with Gasteiger partial charge < -0.3 is 10.6 Å². The maximum Gasteiger partial charge on any atom is 0.309 e. The first kappa shape index (κ1) is 18.5. The number of hydrogen-bond acceptors (Lipinski definition) is 4. The van der Waals surface area contributed by atoms with Gasteiger partial charge in [-0.2, -0.15) is 11.3 Å². The smallest absolute Gasteiger partial charge is 0.309 e. The van der Waals surface area contributed by atoms with Crippen LogP contribution < -0.4 is 10.6 Å². The van der Waals surface area contributed by atoms with E-state index in [1.54, 1.807) is 23.5 Å². The maximum atomic E-state index is 12.9. The number of rotatable bonds is 6. The number of thiophene rings is 1. The zero-order valence-corrected chi connectivity index (χ0v) is 15.2. The fourth-order valence-corrected chi connectivity index (χ4v) is 3.82. The highest BCUT2D eigenvalue weighted by Gasteiger charge is 2.25. The quantitative estimate of drug-likeness (QED) is 0.763. The van der Waals surface area contributed by atoms with E-state index in [2.05, 4.69) is 27.0 Å². The second kappa shape index (κ2) is 8.91. The largest absolute Gasteiger partial charge is 0.346 e. The molecule has 1 aromatic heterocycles. The van der Waals surface area contributed by atoms with E-state index in [0.29, 0.717) is 6.54 Å². The molecule has 7 heteroatoms. The highest BCUT2D eigenvalue weighted by atomic mass is 32.1. The minimum Gasteiger partial charge on any atom is -0.346 e. The Balaban J connectivity index is 1.51. The highest BCUT2D eigenvalue weighted by Crippen LogP contribution is 2.26. The van der Waals surface area contributed by atoms with E-state index in [4.69, 9.17) is 0 Å². The standard InChI is InChI=1S/C19H22FN3O2S/c20-16-5-3-14(4-6-16)11-21-18(24)19(25)22-12-17(15-7-10-26-13-15)23-8-1-2-9-23/h3-7,10,13,17H,1-2,8-9,11-12H2,(H,21,24)(H,22,25). The van der Waals surface area contributed by atoms with Gasteiger partial charge in [0, 0.05) is 13.1 Å². The zero-order chi connectivity index (χ0) is 18.4. The Labute approximate surface area is 156 Å². The van der Waals surface area contributed by atoms with Crippen molar-refractivity contribution in [3.05, 3.63) is 58.0 Å². The first-order valence-corrected chi connectivity index (χ1v) is 9.64. The van der Waals surface area contributed by atoms with Crippen molar-refractivity contribution in [2.45, 2.75) is 25.4 Å². The number of hydrogen-bond donors (Lipinski definition) is 2. The predicted octanol–water partition coefficient (Wildman–Crippen LogP) is 2.46. The van der Waals surface area contributed by atoms with Gasteiger partial charge in [0.1, 0.15) is 5.82 Å². The van der Waals surface area contributed by atoms with Crippen molar-refractivity contribution in [2.75, 3.05) is 19.6 Å². The zero-order valence-electron chi connectivity index (χ0n) is 14.4. The van der Waals surface area contributed by atoms with Crippen molar-refractivity contribution in [3.63, 3.8) is 0 Å². The SMILES string of the molecule is O=C(NCc1ccc(F)cc1)C(=O)NCC(c1ccsc1)N1CCCC1. The van der Waals surface area contributed by atoms with Crippen molar-refractivity contribution in [2.24, 2.45) is 0 Å². The highest BCUT2D eigenvalue weighted by molar-refractivity contribution is 7.07. The van der Waals surface area contributed by atoms with Crippen molar-refractivity contribution >= 4 is 23.2 Å². The molecule has 3 rings (SSSR count). The molecule has 0 aliphatic carbocycles. The van der Waals surface area contributed by atoms with Gasteiger partial charge in [0.25, 0.3) is 0 Å². The van der Waals surface area contributed by atoms with Crippen LogP contribution in [0.2, 0.25) is 0 Å². The summed E-state index contributed by atoms with van der Waals surface area (Å²) in [5.74, 6) is -1.66. The lowest BCUT2D eigenvalue weighted by Gasteiger charge is -2.27. The van der Waals surface area contributed by atoms with E-state index < -0.39 is 11.8 Å². The van der Waals surface area contributed by atoms with E-state index >= 15 is 0 Å². The van der Waals surface area contributed by atoms with Crippen LogP contribution in [0.15, 0.2) is 41.1 Å². The summed E-state index contributed by atoms with van der Waals surface area (Å²) in [4.78, 5) is 26.4. The van der Waals surface area contributed by atoms with Crippen LogP contribution in [0.4, 0.5) is 4.39 Å². The molecule has 2 N–H and O–H groups in total. The van der Waals surface area contributed by atoms with Crippen molar-refractivity contribution in [3.8, 4) is 0 Å². The number of nitrogens with one attached hydrogen (secondary N) is 2. The van der Waals surface area contributed by atoms with Crippen LogP contribution in [0.25, 0.3) is 0 Å². The van der Waals surface area contributed by atoms with E-state index in [0.717, 1.165) is 31.5 Å². The average molecular weight is 375 g/mol. The molecule has 0 bridgehead atoms. The van der Waals surface area contributed by atoms with Crippen LogP contribution in [-0.4, -0.2) is 36.3 Å². The van der Waals surface area contributed by atoms with Crippen LogP contribution in [-0.2, 0) is 16.1 Å². The van der Waals surface area contributed by atoms with Gasteiger partial charge in [-0.25, -0.2) is 4.39 Å². The third-order valence-electron chi connectivity index (χ3n) is 4.54. The summed E-state index contributed by atoms with van der Waals surface area (Å²) in [6.45, 7) is 2.60. The van der Waals surface area contributed by atoms with Crippen molar-refractivity contribution < 1.29 is 14.0 Å². The fourth-order valence-electron chi connectivity index (χ4n) is 3.11. The molecule has 1 atom stereocenters. The molecule has 2 aromatic rings. The summed E-state index contributed by atoms with van der Waals surface area (Å²) in [5, 5.41) is 9.42. The second-order valence-electron chi connectivity index (χ2n) is 6.33. The summed E-state index contributed by atoms with van der Waals surface area (Å²) >= 11 is 1.63. The van der Waals surface area contributed by atoms with Crippen LogP contribution in [0.3, 0.4) is 0 Å². The van der Waals surface area contributed by atoms with Gasteiger partial charge in [-0.1, -0.05) is 12.1 Å². The summed E-state index contributed by atoms with van der Waals surface area (Å²) in [6.07, 6.45) is 2.32. The lowest BCUT2D eigenvalue weighted by molar-refractivity contribution is -0.139. The normalized spacial score (nSPS) is 15.6. The van der Waals surface area contributed by atoms with Crippen LogP contribution >= 0.6 is 11.3 Å². The molecule has 5 nitrogen and oxygen atoms in total. The number of carbonyl (C=O) groups is 2. The Kier molecular flexibility index (Phi) is 6.35. The molecule has 2 heterocycles. The van der Waals surface area contributed by atoms with Gasteiger partial charge in [0.2, 0.25) is 0 Å². The van der Waals surface area contributed by atoms with Crippen LogP contribution in [0.1, 0.15) is 30.0 Å². The summed E-state index contributed by atoms with van der Waals surface area (Å²) in [6, 6.07) is 7.96. The molecular weight excluding hydrogens is 353 g/mol. The van der Waals surface area contributed by atoms with E-state index in [-0.39, 0.29) is 18.4 Å². The molecule has 138 valence electrons. The molecule has 0 spiro atoms. The monoisotopic (exact) mass is 375 g/mol. The van der Waals surface area contributed by atoms with Gasteiger partial charge in [-0.05, 0) is 66.0 Å². The van der Waals surface area contributed by atoms with Crippen molar-refractivity contribution in [1.82, 2.24) is 15.5 Å². The molecule has 2 amide bonds. The number of carbonyl (C=O) groups excluding carboxylic acids is 2. The van der Waals surface area contributed by atoms with Gasteiger partial charge >= 0.3 is 11.8 Å². The van der Waals surface area contributed by atoms with Gasteiger partial charge in [-0.3, -0.25) is 14.5 Å². The lowest BCUT2D eigenvalue weighted by atomic mass is 10.1. The molecule has 0 radical (unpaired) electrons. The third-order valence-corrected chi connectivity index (χ3v) is 5.24. The van der Waals surface area contributed by atoms with E-state index in [1.165, 1.54) is 17.7 Å². The first-order valence-electron chi connectivity index (χ1n) is 8.70. The van der Waals surface area contributed by atoms with E-state index in [9.17, 15) is 14.0 Å². The molecule has 1 aromatic carbocycles. The fraction of sp³-hybridized carbons (Fsp3) is 0.368. The van der Waals surface area contributed by atoms with Crippen LogP contribution in [0.5, 0.6) is 0 Å². The van der Waals surface area contributed by atoms with Gasteiger partial charge in [0.15, 0.2) is 0 Å².